The molecule has 0 atom stereocenters. The van der Waals surface area contributed by atoms with E-state index < -0.39 is 0 Å². The van der Waals surface area contributed by atoms with E-state index in [4.69, 9.17) is 4.98 Å². The molecule has 0 fully saturated rings. The Labute approximate surface area is 188 Å². The molecule has 0 bridgehead atoms. The van der Waals surface area contributed by atoms with Crippen molar-refractivity contribution < 1.29 is 4.79 Å². The Morgan fingerprint density at radius 1 is 0.938 bits per heavy atom. The van der Waals surface area contributed by atoms with Crippen LogP contribution in [0.15, 0.2) is 66.9 Å². The Morgan fingerprint density at radius 3 is 2.38 bits per heavy atom. The molecule has 0 radical (unpaired) electrons. The SMILES string of the molecule is CCCCc1ccc(-c2ccc(-c3nccc(-c4cc5c([nH]4)CCNC5=O)n3)cc2)cc1. The van der Waals surface area contributed by atoms with Gasteiger partial charge in [-0.2, -0.15) is 0 Å². The van der Waals surface area contributed by atoms with E-state index in [2.05, 4.69) is 70.7 Å². The first-order valence-electron chi connectivity index (χ1n) is 11.2. The molecule has 1 amide bonds. The van der Waals surface area contributed by atoms with Gasteiger partial charge in [-0.3, -0.25) is 4.79 Å². The van der Waals surface area contributed by atoms with Gasteiger partial charge in [-0.05, 0) is 41.7 Å². The minimum absolute atomic E-state index is 0.0305. The topological polar surface area (TPSA) is 70.7 Å². The van der Waals surface area contributed by atoms with Crippen molar-refractivity contribution in [2.24, 2.45) is 0 Å². The summed E-state index contributed by atoms with van der Waals surface area (Å²) in [6.07, 6.45) is 6.15. The first-order chi connectivity index (χ1) is 15.7. The molecule has 1 aliphatic rings. The summed E-state index contributed by atoms with van der Waals surface area (Å²) in [4.78, 5) is 24.6. The summed E-state index contributed by atoms with van der Waals surface area (Å²) in [5.41, 5.74) is 8.03. The van der Waals surface area contributed by atoms with Crippen LogP contribution in [0.1, 0.15) is 41.4 Å². The van der Waals surface area contributed by atoms with Crippen molar-refractivity contribution in [3.8, 4) is 33.9 Å². The summed E-state index contributed by atoms with van der Waals surface area (Å²) in [5.74, 6) is 0.637. The summed E-state index contributed by atoms with van der Waals surface area (Å²) in [7, 11) is 0. The van der Waals surface area contributed by atoms with E-state index in [9.17, 15) is 4.79 Å². The zero-order valence-electron chi connectivity index (χ0n) is 18.2. The van der Waals surface area contributed by atoms with Gasteiger partial charge >= 0.3 is 0 Å². The Balaban J connectivity index is 1.37. The lowest BCUT2D eigenvalue weighted by Crippen LogP contribution is -2.31. The van der Waals surface area contributed by atoms with Gasteiger partial charge in [0.15, 0.2) is 5.82 Å². The van der Waals surface area contributed by atoms with Crippen molar-refractivity contribution >= 4 is 5.91 Å². The maximum absolute atomic E-state index is 12.1. The van der Waals surface area contributed by atoms with Gasteiger partial charge in [-0.1, -0.05) is 61.9 Å². The average molecular weight is 423 g/mol. The molecule has 2 N–H and O–H groups in total. The zero-order valence-corrected chi connectivity index (χ0v) is 18.2. The van der Waals surface area contributed by atoms with E-state index in [1.807, 2.05) is 12.1 Å². The zero-order chi connectivity index (χ0) is 21.9. The summed E-state index contributed by atoms with van der Waals surface area (Å²) >= 11 is 0. The number of hydrogen-bond donors (Lipinski definition) is 2. The van der Waals surface area contributed by atoms with Crippen molar-refractivity contribution in [1.82, 2.24) is 20.3 Å². The predicted octanol–water partition coefficient (Wildman–Crippen LogP) is 5.43. The maximum Gasteiger partial charge on any atom is 0.253 e. The van der Waals surface area contributed by atoms with Crippen LogP contribution < -0.4 is 5.32 Å². The van der Waals surface area contributed by atoms with Crippen LogP contribution >= 0.6 is 0 Å². The number of aromatic amines is 1. The normalized spacial score (nSPS) is 13.0. The number of carbonyl (C=O) groups is 1. The van der Waals surface area contributed by atoms with Gasteiger partial charge in [0, 0.05) is 30.4 Å². The van der Waals surface area contributed by atoms with Gasteiger partial charge < -0.3 is 10.3 Å². The molecule has 0 saturated heterocycles. The molecule has 2 aromatic carbocycles. The molecule has 0 saturated carbocycles. The molecule has 5 rings (SSSR count). The van der Waals surface area contributed by atoms with Gasteiger partial charge in [0.2, 0.25) is 0 Å². The number of carbonyl (C=O) groups excluding carboxylic acids is 1. The lowest BCUT2D eigenvalue weighted by atomic mass is 10.0. The second-order valence-electron chi connectivity index (χ2n) is 8.22. The first kappa shape index (κ1) is 20.2. The van der Waals surface area contributed by atoms with Gasteiger partial charge in [-0.15, -0.1) is 0 Å². The lowest BCUT2D eigenvalue weighted by Gasteiger charge is -2.10. The largest absolute Gasteiger partial charge is 0.356 e. The summed E-state index contributed by atoms with van der Waals surface area (Å²) < 4.78 is 0. The lowest BCUT2D eigenvalue weighted by molar-refractivity contribution is 0.0946. The third-order valence-corrected chi connectivity index (χ3v) is 5.99. The van der Waals surface area contributed by atoms with Gasteiger partial charge in [-0.25, -0.2) is 9.97 Å². The third kappa shape index (κ3) is 4.06. The molecule has 2 aromatic heterocycles. The highest BCUT2D eigenvalue weighted by atomic mass is 16.1. The first-order valence-corrected chi connectivity index (χ1v) is 11.2. The van der Waals surface area contributed by atoms with E-state index >= 15 is 0 Å². The number of aromatic nitrogens is 3. The molecular formula is C27H26N4O. The van der Waals surface area contributed by atoms with Crippen LogP contribution in [0, 0.1) is 0 Å². The number of rotatable bonds is 6. The van der Waals surface area contributed by atoms with Crippen molar-refractivity contribution in [2.75, 3.05) is 6.54 Å². The van der Waals surface area contributed by atoms with E-state index in [0.29, 0.717) is 17.9 Å². The van der Waals surface area contributed by atoms with Crippen molar-refractivity contribution in [3.05, 3.63) is 83.7 Å². The van der Waals surface area contributed by atoms with E-state index in [1.54, 1.807) is 6.20 Å². The molecule has 32 heavy (non-hydrogen) atoms. The number of fused-ring (bicyclic) bond motifs is 1. The van der Waals surface area contributed by atoms with E-state index in [-0.39, 0.29) is 5.91 Å². The summed E-state index contributed by atoms with van der Waals surface area (Å²) in [6, 6.07) is 20.9. The monoisotopic (exact) mass is 422 g/mol. The number of aryl methyl sites for hydroxylation is 1. The highest BCUT2D eigenvalue weighted by Crippen LogP contribution is 2.26. The second-order valence-corrected chi connectivity index (χ2v) is 8.22. The van der Waals surface area contributed by atoms with Crippen LogP contribution in [0.4, 0.5) is 0 Å². The molecule has 5 nitrogen and oxygen atoms in total. The van der Waals surface area contributed by atoms with Crippen LogP contribution in [-0.4, -0.2) is 27.4 Å². The van der Waals surface area contributed by atoms with Gasteiger partial charge in [0.25, 0.3) is 5.91 Å². The van der Waals surface area contributed by atoms with Crippen LogP contribution in [-0.2, 0) is 12.8 Å². The Morgan fingerprint density at radius 2 is 1.66 bits per heavy atom. The van der Waals surface area contributed by atoms with Crippen LogP contribution in [0.2, 0.25) is 0 Å². The van der Waals surface area contributed by atoms with Crippen molar-refractivity contribution in [1.29, 1.82) is 0 Å². The number of benzene rings is 2. The molecule has 0 spiro atoms. The number of nitrogens with zero attached hydrogens (tertiary/aromatic N) is 2. The van der Waals surface area contributed by atoms with Crippen LogP contribution in [0.3, 0.4) is 0 Å². The molecular weight excluding hydrogens is 396 g/mol. The molecule has 1 aliphatic heterocycles. The summed E-state index contributed by atoms with van der Waals surface area (Å²) in [5, 5.41) is 2.88. The standard InChI is InChI=1S/C27H26N4O/c1-2-3-4-18-5-7-19(8-6-18)20-9-11-21(12-10-20)26-28-15-14-24(31-26)25-17-22-23(30-25)13-16-29-27(22)32/h5-12,14-15,17,30H,2-4,13,16H2,1H3,(H,29,32). The molecule has 4 aromatic rings. The number of amides is 1. The minimum Gasteiger partial charge on any atom is -0.356 e. The van der Waals surface area contributed by atoms with Crippen molar-refractivity contribution in [3.63, 3.8) is 0 Å². The quantitative estimate of drug-likeness (QED) is 0.435. The van der Waals surface area contributed by atoms with E-state index in [0.717, 1.165) is 35.5 Å². The number of hydrogen-bond acceptors (Lipinski definition) is 3. The predicted molar refractivity (Wildman–Crippen MR) is 127 cm³/mol. The fourth-order valence-corrected chi connectivity index (χ4v) is 4.14. The van der Waals surface area contributed by atoms with E-state index in [1.165, 1.54) is 29.5 Å². The van der Waals surface area contributed by atoms with Gasteiger partial charge in [0.05, 0.1) is 17.0 Å². The average Bonchev–Trinajstić information content (AvgIpc) is 3.29. The second kappa shape index (κ2) is 8.79. The molecule has 3 heterocycles. The molecule has 5 heteroatoms. The minimum atomic E-state index is -0.0305. The summed E-state index contributed by atoms with van der Waals surface area (Å²) in [6.45, 7) is 2.88. The maximum atomic E-state index is 12.1. The Kier molecular flexibility index (Phi) is 5.55. The molecule has 160 valence electrons. The highest BCUT2D eigenvalue weighted by molar-refractivity contribution is 5.97. The molecule has 0 unspecified atom stereocenters. The smallest absolute Gasteiger partial charge is 0.253 e. The van der Waals surface area contributed by atoms with Crippen LogP contribution in [0.5, 0.6) is 0 Å². The fraction of sp³-hybridized carbons (Fsp3) is 0.222. The fourth-order valence-electron chi connectivity index (χ4n) is 4.14. The van der Waals surface area contributed by atoms with Crippen LogP contribution in [0.25, 0.3) is 33.9 Å². The van der Waals surface area contributed by atoms with Gasteiger partial charge in [0.1, 0.15) is 0 Å². The third-order valence-electron chi connectivity index (χ3n) is 5.99. The Bertz CT molecular complexity index is 1240. The van der Waals surface area contributed by atoms with Crippen molar-refractivity contribution in [2.45, 2.75) is 32.6 Å². The number of nitrogens with one attached hydrogen (secondary N) is 2. The highest BCUT2D eigenvalue weighted by Gasteiger charge is 2.20. The molecule has 0 aliphatic carbocycles. The number of unbranched alkanes of at least 4 members (excludes halogenated alkanes) is 1. The Hall–Kier alpha value is -3.73. The number of H-pyrrole nitrogens is 1.